The second-order valence-electron chi connectivity index (χ2n) is 10.5. The fourth-order valence-electron chi connectivity index (χ4n) is 6.12. The van der Waals surface area contributed by atoms with Crippen LogP contribution in [0.5, 0.6) is 0 Å². The van der Waals surface area contributed by atoms with Gasteiger partial charge in [-0.3, -0.25) is 0 Å². The van der Waals surface area contributed by atoms with Crippen LogP contribution in [0.2, 0.25) is 0 Å². The van der Waals surface area contributed by atoms with E-state index in [9.17, 15) is 0 Å². The highest BCUT2D eigenvalue weighted by atomic mass is 32.3. The first-order valence-corrected chi connectivity index (χ1v) is 14.7. The van der Waals surface area contributed by atoms with Crippen LogP contribution >= 0.6 is 10.0 Å². The van der Waals surface area contributed by atoms with Gasteiger partial charge in [0.25, 0.3) is 0 Å². The van der Waals surface area contributed by atoms with Gasteiger partial charge in [-0.25, -0.2) is 10.0 Å². The predicted molar refractivity (Wildman–Crippen MR) is 143 cm³/mol. The number of hydrogen-bond donors (Lipinski definition) is 2. The summed E-state index contributed by atoms with van der Waals surface area (Å²) < 4.78 is 0. The molecule has 2 heterocycles. The molecule has 2 nitrogen and oxygen atoms in total. The van der Waals surface area contributed by atoms with Gasteiger partial charge in [0.1, 0.15) is 0 Å². The first-order valence-electron chi connectivity index (χ1n) is 12.2. The molecule has 2 N–H and O–H groups in total. The maximum absolute atomic E-state index is 4.49. The number of rotatable bonds is 6. The van der Waals surface area contributed by atoms with Crippen LogP contribution in [0, 0.1) is 0 Å². The average Bonchev–Trinajstić information content (AvgIpc) is 2.76. The Balaban J connectivity index is 1.52. The Morgan fingerprint density at radius 3 is 2.59 bits per heavy atom. The fourth-order valence-corrected chi connectivity index (χ4v) is 9.13. The lowest BCUT2D eigenvalue weighted by atomic mass is 9.65. The normalized spacial score (nSPS) is 24.0. The summed E-state index contributed by atoms with van der Waals surface area (Å²) in [5.74, 6) is 0. The van der Waals surface area contributed by atoms with Crippen LogP contribution in [-0.4, -0.2) is 18.6 Å². The molecule has 0 amide bonds. The minimum absolute atomic E-state index is 0.240. The molecule has 1 fully saturated rings. The molecule has 2 aliphatic heterocycles. The number of hydrogen-bond acceptors (Lipinski definition) is 2. The van der Waals surface area contributed by atoms with Crippen molar-refractivity contribution in [1.82, 2.24) is 0 Å². The first kappa shape index (κ1) is 21.7. The third kappa shape index (κ3) is 3.15. The van der Waals surface area contributed by atoms with Crippen LogP contribution in [0.1, 0.15) is 74.8 Å². The van der Waals surface area contributed by atoms with Crippen molar-refractivity contribution in [2.24, 2.45) is 0 Å². The van der Waals surface area contributed by atoms with E-state index >= 15 is 0 Å². The van der Waals surface area contributed by atoms with Crippen molar-refractivity contribution in [1.29, 1.82) is 0 Å². The largest absolute Gasteiger partial charge is 0.378 e. The van der Waals surface area contributed by atoms with E-state index in [1.165, 1.54) is 42.5 Å². The van der Waals surface area contributed by atoms with Crippen LogP contribution in [0.25, 0.3) is 5.57 Å². The van der Waals surface area contributed by atoms with Crippen molar-refractivity contribution >= 4 is 27.0 Å². The number of fused-ring (bicyclic) bond motifs is 2. The van der Waals surface area contributed by atoms with Crippen molar-refractivity contribution in [3.05, 3.63) is 71.4 Å². The van der Waals surface area contributed by atoms with Gasteiger partial charge in [0.15, 0.2) is 0 Å². The van der Waals surface area contributed by atoms with Gasteiger partial charge in [0.05, 0.1) is 6.04 Å². The zero-order valence-corrected chi connectivity index (χ0v) is 21.2. The van der Waals surface area contributed by atoms with Gasteiger partial charge in [-0.15, -0.1) is 0 Å². The SMILES string of the molecule is C=C1C(C(CC)Nc2cc3c(cc2C2(C)CCC2)S(C)(C)C3CC)=CNc2ccccc21. The molecule has 1 aliphatic carbocycles. The molecule has 0 saturated heterocycles. The zero-order valence-electron chi connectivity index (χ0n) is 20.3. The minimum Gasteiger partial charge on any atom is -0.378 e. The predicted octanol–water partition coefficient (Wildman–Crippen LogP) is 8.23. The smallest absolute Gasteiger partial charge is 0.0531 e. The summed E-state index contributed by atoms with van der Waals surface area (Å²) in [6.07, 6.45) is 13.4. The number of para-hydroxylation sites is 1. The second kappa shape index (κ2) is 7.73. The molecule has 2 aromatic carbocycles. The third-order valence-corrected chi connectivity index (χ3v) is 11.8. The molecule has 3 aliphatic rings. The lowest BCUT2D eigenvalue weighted by molar-refractivity contribution is 0.272. The summed E-state index contributed by atoms with van der Waals surface area (Å²) in [5, 5.41) is 8.26. The van der Waals surface area contributed by atoms with Gasteiger partial charge < -0.3 is 10.6 Å². The molecule has 1 saturated carbocycles. The molecule has 32 heavy (non-hydrogen) atoms. The quantitative estimate of drug-likeness (QED) is 0.467. The lowest BCUT2D eigenvalue weighted by Crippen LogP contribution is -2.34. The van der Waals surface area contributed by atoms with Crippen LogP contribution in [0.3, 0.4) is 0 Å². The van der Waals surface area contributed by atoms with Gasteiger partial charge in [-0.2, -0.15) is 0 Å². The molecule has 2 unspecified atom stereocenters. The van der Waals surface area contributed by atoms with Crippen LogP contribution < -0.4 is 10.6 Å². The maximum Gasteiger partial charge on any atom is 0.0531 e. The van der Waals surface area contributed by atoms with Crippen LogP contribution in [-0.2, 0) is 5.41 Å². The number of nitrogens with one attached hydrogen (secondary N) is 2. The maximum atomic E-state index is 4.49. The van der Waals surface area contributed by atoms with Gasteiger partial charge in [0, 0.05) is 28.4 Å². The molecular formula is C29H38N2S. The monoisotopic (exact) mass is 446 g/mol. The molecule has 0 radical (unpaired) electrons. The van der Waals surface area contributed by atoms with Gasteiger partial charge in [0.2, 0.25) is 0 Å². The van der Waals surface area contributed by atoms with Crippen molar-refractivity contribution in [3.63, 3.8) is 0 Å². The van der Waals surface area contributed by atoms with Crippen LogP contribution in [0.4, 0.5) is 11.4 Å². The molecule has 5 rings (SSSR count). The Morgan fingerprint density at radius 2 is 1.94 bits per heavy atom. The minimum atomic E-state index is -0.675. The highest BCUT2D eigenvalue weighted by Crippen LogP contribution is 2.73. The Morgan fingerprint density at radius 1 is 1.19 bits per heavy atom. The van der Waals surface area contributed by atoms with Crippen molar-refractivity contribution in [2.45, 2.75) is 74.5 Å². The van der Waals surface area contributed by atoms with E-state index in [1.807, 2.05) is 0 Å². The summed E-state index contributed by atoms with van der Waals surface area (Å²) in [4.78, 5) is 1.66. The Labute approximate surface area is 195 Å². The summed E-state index contributed by atoms with van der Waals surface area (Å²) >= 11 is 0. The Kier molecular flexibility index (Phi) is 5.24. The van der Waals surface area contributed by atoms with Gasteiger partial charge in [-0.1, -0.05) is 52.0 Å². The molecular weight excluding hydrogens is 408 g/mol. The fraction of sp³-hybridized carbons (Fsp3) is 0.448. The van der Waals surface area contributed by atoms with E-state index in [1.54, 1.807) is 16.0 Å². The van der Waals surface area contributed by atoms with E-state index in [2.05, 4.69) is 93.1 Å². The summed E-state index contributed by atoms with van der Waals surface area (Å²) in [7, 11) is -0.675. The summed E-state index contributed by atoms with van der Waals surface area (Å²) in [6.45, 7) is 11.6. The van der Waals surface area contributed by atoms with Crippen LogP contribution in [0.15, 0.2) is 59.6 Å². The number of anilines is 2. The average molecular weight is 447 g/mol. The molecule has 170 valence electrons. The topological polar surface area (TPSA) is 24.1 Å². The van der Waals surface area contributed by atoms with E-state index < -0.39 is 10.0 Å². The van der Waals surface area contributed by atoms with E-state index in [-0.39, 0.29) is 6.04 Å². The van der Waals surface area contributed by atoms with Crippen molar-refractivity contribution in [3.8, 4) is 0 Å². The van der Waals surface area contributed by atoms with Gasteiger partial charge >= 0.3 is 0 Å². The second-order valence-corrected chi connectivity index (χ2v) is 14.3. The highest BCUT2D eigenvalue weighted by molar-refractivity contribution is 8.34. The van der Waals surface area contributed by atoms with Gasteiger partial charge in [-0.05, 0) is 89.0 Å². The Bertz CT molecular complexity index is 1110. The first-order chi connectivity index (χ1) is 15.3. The standard InChI is InChI=1S/C29H38N2S/c1-7-24(22-18-30-25-13-10-9-12-20(25)19(22)3)31-26-16-21-27(8-2)32(5,6)28(21)17-23(26)29(4)14-11-15-29/h9-10,12-13,16-18,24,27,30-31H,3,7-8,11,14-15H2,1-2,4-6H3. The van der Waals surface area contributed by atoms with Crippen molar-refractivity contribution < 1.29 is 0 Å². The van der Waals surface area contributed by atoms with E-state index in [4.69, 9.17) is 0 Å². The summed E-state index contributed by atoms with van der Waals surface area (Å²) in [6, 6.07) is 13.8. The molecule has 0 spiro atoms. The molecule has 0 bridgehead atoms. The number of benzene rings is 2. The third-order valence-electron chi connectivity index (χ3n) is 8.35. The highest BCUT2D eigenvalue weighted by Gasteiger charge is 2.43. The van der Waals surface area contributed by atoms with Crippen molar-refractivity contribution in [2.75, 3.05) is 23.1 Å². The molecule has 2 atom stereocenters. The summed E-state index contributed by atoms with van der Waals surface area (Å²) in [5.41, 5.74) is 9.58. The molecule has 2 aromatic rings. The molecule has 3 heteroatoms. The van der Waals surface area contributed by atoms with E-state index in [0.29, 0.717) is 5.41 Å². The van der Waals surface area contributed by atoms with E-state index in [0.717, 1.165) is 22.9 Å². The Hall–Kier alpha value is -2.13. The zero-order chi connectivity index (χ0) is 22.7. The molecule has 0 aromatic heterocycles. The lowest BCUT2D eigenvalue weighted by Gasteiger charge is -2.53.